The lowest BCUT2D eigenvalue weighted by atomic mass is 10.2. The molecule has 1 aliphatic rings. The molecule has 0 atom stereocenters. The van der Waals surface area contributed by atoms with Gasteiger partial charge in [-0.05, 0) is 54.8 Å². The number of nitrogens with zero attached hydrogens (tertiary/aromatic N) is 1. The standard InChI is InChI=1S/C21H24ClN3O5S2/c1-2-23-31(27,28)18-9-5-16(6-10-18)7-12-21(26)24-17-8-11-19(22)20(15-17)32(29,30)25-13-3-4-14-25/h5-12,15,23H,2-4,13-14H2,1H3,(H,24,26)/b12-7+. The van der Waals surface area contributed by atoms with Crippen LogP contribution in [0.2, 0.25) is 5.02 Å². The monoisotopic (exact) mass is 497 g/mol. The van der Waals surface area contributed by atoms with Crippen molar-refractivity contribution < 1.29 is 21.6 Å². The molecular formula is C21H24ClN3O5S2. The molecule has 1 fully saturated rings. The quantitative estimate of drug-likeness (QED) is 0.544. The van der Waals surface area contributed by atoms with Crippen molar-refractivity contribution in [2.24, 2.45) is 0 Å². The highest BCUT2D eigenvalue weighted by molar-refractivity contribution is 7.89. The van der Waals surface area contributed by atoms with Crippen molar-refractivity contribution in [2.45, 2.75) is 29.6 Å². The van der Waals surface area contributed by atoms with Crippen LogP contribution in [0.4, 0.5) is 5.69 Å². The van der Waals surface area contributed by atoms with Gasteiger partial charge < -0.3 is 5.32 Å². The zero-order valence-electron chi connectivity index (χ0n) is 17.4. The van der Waals surface area contributed by atoms with Gasteiger partial charge in [-0.3, -0.25) is 4.79 Å². The summed E-state index contributed by atoms with van der Waals surface area (Å²) in [6.45, 7) is 2.88. The number of hydrogen-bond donors (Lipinski definition) is 2. The van der Waals surface area contributed by atoms with E-state index in [2.05, 4.69) is 10.0 Å². The smallest absolute Gasteiger partial charge is 0.248 e. The molecule has 3 rings (SSSR count). The predicted octanol–water partition coefficient (Wildman–Crippen LogP) is 3.07. The van der Waals surface area contributed by atoms with E-state index in [1.165, 1.54) is 46.8 Å². The second kappa shape index (κ2) is 10.1. The Hall–Kier alpha value is -2.24. The van der Waals surface area contributed by atoms with Gasteiger partial charge in [0.2, 0.25) is 26.0 Å². The van der Waals surface area contributed by atoms with Gasteiger partial charge in [-0.25, -0.2) is 21.6 Å². The number of carbonyl (C=O) groups excluding carboxylic acids is 1. The van der Waals surface area contributed by atoms with Crippen LogP contribution in [0.3, 0.4) is 0 Å². The van der Waals surface area contributed by atoms with Crippen molar-refractivity contribution in [3.63, 3.8) is 0 Å². The van der Waals surface area contributed by atoms with Gasteiger partial charge in [0, 0.05) is 31.4 Å². The molecule has 172 valence electrons. The summed E-state index contributed by atoms with van der Waals surface area (Å²) in [6, 6.07) is 10.4. The zero-order valence-corrected chi connectivity index (χ0v) is 19.8. The lowest BCUT2D eigenvalue weighted by Gasteiger charge is -2.17. The second-order valence-electron chi connectivity index (χ2n) is 7.15. The Morgan fingerprint density at radius 3 is 2.34 bits per heavy atom. The number of halogens is 1. The molecule has 11 heteroatoms. The number of amides is 1. The number of nitrogens with one attached hydrogen (secondary N) is 2. The maximum atomic E-state index is 12.8. The molecule has 0 radical (unpaired) electrons. The van der Waals surface area contributed by atoms with Gasteiger partial charge in [0.25, 0.3) is 0 Å². The SMILES string of the molecule is CCNS(=O)(=O)c1ccc(/C=C/C(=O)Nc2ccc(Cl)c(S(=O)(=O)N3CCCC3)c2)cc1. The summed E-state index contributed by atoms with van der Waals surface area (Å²) in [4.78, 5) is 12.4. The molecule has 0 bridgehead atoms. The number of anilines is 1. The average Bonchev–Trinajstić information content (AvgIpc) is 3.30. The lowest BCUT2D eigenvalue weighted by molar-refractivity contribution is -0.111. The molecule has 1 aliphatic heterocycles. The Bertz CT molecular complexity index is 1220. The third-order valence-electron chi connectivity index (χ3n) is 4.83. The number of carbonyl (C=O) groups is 1. The van der Waals surface area contributed by atoms with E-state index < -0.39 is 26.0 Å². The highest BCUT2D eigenvalue weighted by Gasteiger charge is 2.29. The average molecular weight is 498 g/mol. The molecule has 2 N–H and O–H groups in total. The Morgan fingerprint density at radius 1 is 1.06 bits per heavy atom. The van der Waals surface area contributed by atoms with Crippen molar-refractivity contribution in [1.29, 1.82) is 0 Å². The molecule has 0 saturated carbocycles. The summed E-state index contributed by atoms with van der Waals surface area (Å²) in [5.41, 5.74) is 0.929. The molecule has 0 aromatic heterocycles. The van der Waals surface area contributed by atoms with Crippen LogP contribution in [-0.4, -0.2) is 46.7 Å². The molecule has 32 heavy (non-hydrogen) atoms. The molecule has 1 amide bonds. The third kappa shape index (κ3) is 5.76. The molecule has 1 heterocycles. The van der Waals surface area contributed by atoms with Crippen LogP contribution in [-0.2, 0) is 24.8 Å². The fourth-order valence-electron chi connectivity index (χ4n) is 3.23. The lowest BCUT2D eigenvalue weighted by Crippen LogP contribution is -2.28. The summed E-state index contributed by atoms with van der Waals surface area (Å²) < 4.78 is 53.4. The number of rotatable bonds is 8. The first-order valence-electron chi connectivity index (χ1n) is 10.0. The van der Waals surface area contributed by atoms with Gasteiger partial charge in [0.05, 0.1) is 9.92 Å². The molecule has 8 nitrogen and oxygen atoms in total. The summed E-state index contributed by atoms with van der Waals surface area (Å²) in [5.74, 6) is -0.471. The van der Waals surface area contributed by atoms with E-state index in [4.69, 9.17) is 11.6 Å². The second-order valence-corrected chi connectivity index (χ2v) is 11.2. The van der Waals surface area contributed by atoms with Crippen LogP contribution in [0.15, 0.2) is 58.3 Å². The van der Waals surface area contributed by atoms with Crippen molar-refractivity contribution >= 4 is 49.3 Å². The van der Waals surface area contributed by atoms with E-state index in [0.717, 1.165) is 12.8 Å². The Kier molecular flexibility index (Phi) is 7.73. The zero-order chi connectivity index (χ0) is 23.4. The Labute approximate surface area is 193 Å². The predicted molar refractivity (Wildman–Crippen MR) is 124 cm³/mol. The minimum absolute atomic E-state index is 0.0414. The Balaban J connectivity index is 1.70. The van der Waals surface area contributed by atoms with E-state index in [9.17, 15) is 21.6 Å². The van der Waals surface area contributed by atoms with E-state index in [1.807, 2.05) is 0 Å². The summed E-state index contributed by atoms with van der Waals surface area (Å²) >= 11 is 6.12. The summed E-state index contributed by atoms with van der Waals surface area (Å²) in [5, 5.41) is 2.72. The summed E-state index contributed by atoms with van der Waals surface area (Å²) in [7, 11) is -7.27. The molecule has 0 unspecified atom stereocenters. The van der Waals surface area contributed by atoms with Crippen LogP contribution in [0.1, 0.15) is 25.3 Å². The molecule has 2 aromatic rings. The first kappa shape index (κ1) is 24.4. The van der Waals surface area contributed by atoms with Gasteiger partial charge in [-0.1, -0.05) is 30.7 Å². The van der Waals surface area contributed by atoms with Crippen LogP contribution in [0, 0.1) is 0 Å². The largest absolute Gasteiger partial charge is 0.322 e. The first-order chi connectivity index (χ1) is 15.1. The third-order valence-corrected chi connectivity index (χ3v) is 8.78. The van der Waals surface area contributed by atoms with Crippen LogP contribution >= 0.6 is 11.6 Å². The number of sulfonamides is 2. The minimum atomic E-state index is -3.73. The van der Waals surface area contributed by atoms with Crippen molar-refractivity contribution in [1.82, 2.24) is 9.03 Å². The van der Waals surface area contributed by atoms with E-state index in [-0.39, 0.29) is 21.4 Å². The summed E-state index contributed by atoms with van der Waals surface area (Å²) in [6.07, 6.45) is 4.41. The minimum Gasteiger partial charge on any atom is -0.322 e. The van der Waals surface area contributed by atoms with Crippen LogP contribution in [0.5, 0.6) is 0 Å². The fourth-order valence-corrected chi connectivity index (χ4v) is 6.29. The molecular weight excluding hydrogens is 474 g/mol. The molecule has 2 aromatic carbocycles. The Morgan fingerprint density at radius 2 is 1.72 bits per heavy atom. The van der Waals surface area contributed by atoms with Crippen LogP contribution in [0.25, 0.3) is 6.08 Å². The van der Waals surface area contributed by atoms with E-state index in [0.29, 0.717) is 24.3 Å². The maximum absolute atomic E-state index is 12.8. The van der Waals surface area contributed by atoms with Gasteiger partial charge in [-0.2, -0.15) is 4.31 Å². The van der Waals surface area contributed by atoms with E-state index >= 15 is 0 Å². The number of hydrogen-bond acceptors (Lipinski definition) is 5. The van der Waals surface area contributed by atoms with Crippen LogP contribution < -0.4 is 10.0 Å². The fraction of sp³-hybridized carbons (Fsp3) is 0.286. The topological polar surface area (TPSA) is 113 Å². The van der Waals surface area contributed by atoms with Gasteiger partial charge in [0.1, 0.15) is 4.90 Å². The van der Waals surface area contributed by atoms with Gasteiger partial charge in [0.15, 0.2) is 0 Å². The molecule has 0 aliphatic carbocycles. The van der Waals surface area contributed by atoms with Gasteiger partial charge >= 0.3 is 0 Å². The maximum Gasteiger partial charge on any atom is 0.248 e. The normalized spacial score (nSPS) is 15.3. The highest BCUT2D eigenvalue weighted by atomic mass is 35.5. The van der Waals surface area contributed by atoms with Crippen molar-refractivity contribution in [2.75, 3.05) is 25.0 Å². The molecule has 0 spiro atoms. The van der Waals surface area contributed by atoms with Crippen molar-refractivity contribution in [3.8, 4) is 0 Å². The van der Waals surface area contributed by atoms with Crippen molar-refractivity contribution in [3.05, 3.63) is 59.1 Å². The first-order valence-corrected chi connectivity index (χ1v) is 13.3. The van der Waals surface area contributed by atoms with E-state index in [1.54, 1.807) is 19.1 Å². The molecule has 1 saturated heterocycles. The highest BCUT2D eigenvalue weighted by Crippen LogP contribution is 2.29. The number of benzene rings is 2. The van der Waals surface area contributed by atoms with Gasteiger partial charge in [-0.15, -0.1) is 0 Å².